The summed E-state index contributed by atoms with van der Waals surface area (Å²) in [6, 6.07) is 5.96. The highest BCUT2D eigenvalue weighted by Crippen LogP contribution is 2.46. The van der Waals surface area contributed by atoms with Gasteiger partial charge in [-0.3, -0.25) is 4.79 Å². The van der Waals surface area contributed by atoms with Crippen LogP contribution in [0.15, 0.2) is 18.2 Å². The SMILES string of the molecule is COc1cccc2c1NC(=O)C2C(C)C1CCCCC1. The van der Waals surface area contributed by atoms with Gasteiger partial charge < -0.3 is 10.1 Å². The Labute approximate surface area is 120 Å². The second-order valence-electron chi connectivity index (χ2n) is 6.15. The smallest absolute Gasteiger partial charge is 0.232 e. The Morgan fingerprint density at radius 3 is 2.70 bits per heavy atom. The van der Waals surface area contributed by atoms with Gasteiger partial charge in [-0.2, -0.15) is 0 Å². The highest BCUT2D eigenvalue weighted by Gasteiger charge is 2.39. The zero-order chi connectivity index (χ0) is 14.1. The Kier molecular flexibility index (Phi) is 3.68. The standard InChI is InChI=1S/C17H23NO2/c1-11(12-7-4-3-5-8-12)15-13-9-6-10-14(20-2)16(13)18-17(15)19/h6,9-12,15H,3-5,7-8H2,1-2H3,(H,18,19). The van der Waals surface area contributed by atoms with E-state index in [9.17, 15) is 4.79 Å². The molecule has 1 aliphatic carbocycles. The number of benzene rings is 1. The van der Waals surface area contributed by atoms with E-state index in [1.54, 1.807) is 7.11 Å². The fraction of sp³-hybridized carbons (Fsp3) is 0.588. The molecule has 20 heavy (non-hydrogen) atoms. The quantitative estimate of drug-likeness (QED) is 0.905. The average Bonchev–Trinajstić information content (AvgIpc) is 2.83. The van der Waals surface area contributed by atoms with Gasteiger partial charge in [0.2, 0.25) is 5.91 Å². The van der Waals surface area contributed by atoms with Crippen LogP contribution in [0.1, 0.15) is 50.5 Å². The number of para-hydroxylation sites is 1. The summed E-state index contributed by atoms with van der Waals surface area (Å²) in [5, 5.41) is 3.02. The minimum atomic E-state index is -0.0109. The van der Waals surface area contributed by atoms with Crippen molar-refractivity contribution < 1.29 is 9.53 Å². The highest BCUT2D eigenvalue weighted by molar-refractivity contribution is 6.04. The average molecular weight is 273 g/mol. The van der Waals surface area contributed by atoms with Crippen LogP contribution in [0.3, 0.4) is 0 Å². The maximum atomic E-state index is 12.4. The number of ether oxygens (including phenoxy) is 1. The topological polar surface area (TPSA) is 38.3 Å². The molecular formula is C17H23NO2. The van der Waals surface area contributed by atoms with Crippen molar-refractivity contribution in [2.24, 2.45) is 11.8 Å². The normalized spacial score (nSPS) is 24.1. The van der Waals surface area contributed by atoms with E-state index in [-0.39, 0.29) is 11.8 Å². The molecule has 0 aromatic heterocycles. The minimum Gasteiger partial charge on any atom is -0.495 e. The molecule has 2 atom stereocenters. The van der Waals surface area contributed by atoms with Crippen LogP contribution in [-0.2, 0) is 4.79 Å². The molecule has 108 valence electrons. The Hall–Kier alpha value is -1.51. The summed E-state index contributed by atoms with van der Waals surface area (Å²) in [7, 11) is 1.65. The fourth-order valence-electron chi connectivity index (χ4n) is 3.91. The third-order valence-corrected chi connectivity index (χ3v) is 5.06. The van der Waals surface area contributed by atoms with E-state index in [1.165, 1.54) is 32.1 Å². The Balaban J connectivity index is 1.89. The zero-order valence-corrected chi connectivity index (χ0v) is 12.3. The highest BCUT2D eigenvalue weighted by atomic mass is 16.5. The first-order chi connectivity index (χ1) is 9.72. The van der Waals surface area contributed by atoms with Gasteiger partial charge >= 0.3 is 0 Å². The second kappa shape index (κ2) is 5.47. The molecule has 3 rings (SSSR count). The zero-order valence-electron chi connectivity index (χ0n) is 12.3. The van der Waals surface area contributed by atoms with E-state index >= 15 is 0 Å². The molecule has 3 nitrogen and oxygen atoms in total. The Morgan fingerprint density at radius 2 is 2.00 bits per heavy atom. The second-order valence-corrected chi connectivity index (χ2v) is 6.15. The summed E-state index contributed by atoms with van der Waals surface area (Å²) in [6.07, 6.45) is 6.52. The van der Waals surface area contributed by atoms with Crippen molar-refractivity contribution in [1.29, 1.82) is 0 Å². The van der Waals surface area contributed by atoms with Crippen molar-refractivity contribution in [3.05, 3.63) is 23.8 Å². The van der Waals surface area contributed by atoms with Crippen LogP contribution in [0.4, 0.5) is 5.69 Å². The molecule has 1 saturated carbocycles. The van der Waals surface area contributed by atoms with Gasteiger partial charge in [0.25, 0.3) is 0 Å². The number of anilines is 1. The largest absolute Gasteiger partial charge is 0.495 e. The summed E-state index contributed by atoms with van der Waals surface area (Å²) < 4.78 is 5.36. The summed E-state index contributed by atoms with van der Waals surface area (Å²) in [5.41, 5.74) is 2.00. The van der Waals surface area contributed by atoms with Gasteiger partial charge in [-0.05, 0) is 23.5 Å². The molecule has 1 N–H and O–H groups in total. The molecule has 2 aliphatic rings. The lowest BCUT2D eigenvalue weighted by Gasteiger charge is -2.30. The van der Waals surface area contributed by atoms with Gasteiger partial charge in [-0.25, -0.2) is 0 Å². The molecule has 1 aromatic rings. The molecule has 1 heterocycles. The van der Waals surface area contributed by atoms with Crippen molar-refractivity contribution in [3.63, 3.8) is 0 Å². The number of carbonyl (C=O) groups excluding carboxylic acids is 1. The first-order valence-corrected chi connectivity index (χ1v) is 7.70. The molecule has 0 spiro atoms. The lowest BCUT2D eigenvalue weighted by atomic mass is 9.73. The maximum Gasteiger partial charge on any atom is 0.232 e. The molecule has 1 aromatic carbocycles. The van der Waals surface area contributed by atoms with Crippen molar-refractivity contribution in [2.75, 3.05) is 12.4 Å². The molecule has 3 heteroatoms. The molecule has 1 aliphatic heterocycles. The van der Waals surface area contributed by atoms with Gasteiger partial charge in [0.15, 0.2) is 0 Å². The number of nitrogens with one attached hydrogen (secondary N) is 1. The first-order valence-electron chi connectivity index (χ1n) is 7.70. The van der Waals surface area contributed by atoms with Crippen molar-refractivity contribution in [1.82, 2.24) is 0 Å². The van der Waals surface area contributed by atoms with E-state index in [0.29, 0.717) is 11.8 Å². The molecule has 1 amide bonds. The molecular weight excluding hydrogens is 250 g/mol. The third kappa shape index (κ3) is 2.19. The van der Waals surface area contributed by atoms with Crippen molar-refractivity contribution >= 4 is 11.6 Å². The van der Waals surface area contributed by atoms with Gasteiger partial charge in [0.1, 0.15) is 5.75 Å². The summed E-state index contributed by atoms with van der Waals surface area (Å²) in [5.74, 6) is 1.99. The number of hydrogen-bond donors (Lipinski definition) is 1. The maximum absolute atomic E-state index is 12.4. The van der Waals surface area contributed by atoms with Crippen LogP contribution in [0.2, 0.25) is 0 Å². The molecule has 0 saturated heterocycles. The van der Waals surface area contributed by atoms with Crippen LogP contribution in [0.5, 0.6) is 5.75 Å². The number of methoxy groups -OCH3 is 1. The molecule has 0 radical (unpaired) electrons. The van der Waals surface area contributed by atoms with Crippen molar-refractivity contribution in [2.45, 2.75) is 44.9 Å². The predicted molar refractivity (Wildman–Crippen MR) is 80.1 cm³/mol. The number of fused-ring (bicyclic) bond motifs is 1. The van der Waals surface area contributed by atoms with Crippen LogP contribution in [0, 0.1) is 11.8 Å². The summed E-state index contributed by atoms with van der Waals surface area (Å²) in [4.78, 5) is 12.4. The lowest BCUT2D eigenvalue weighted by Crippen LogP contribution is -2.26. The monoisotopic (exact) mass is 273 g/mol. The molecule has 1 fully saturated rings. The van der Waals surface area contributed by atoms with E-state index in [0.717, 1.165) is 17.0 Å². The van der Waals surface area contributed by atoms with Gasteiger partial charge in [0, 0.05) is 0 Å². The summed E-state index contributed by atoms with van der Waals surface area (Å²) in [6.45, 7) is 2.24. The van der Waals surface area contributed by atoms with E-state index in [4.69, 9.17) is 4.74 Å². The van der Waals surface area contributed by atoms with Gasteiger partial charge in [-0.15, -0.1) is 0 Å². The number of carbonyl (C=O) groups is 1. The van der Waals surface area contributed by atoms with Crippen LogP contribution >= 0.6 is 0 Å². The van der Waals surface area contributed by atoms with Gasteiger partial charge in [-0.1, -0.05) is 51.2 Å². The van der Waals surface area contributed by atoms with Crippen LogP contribution in [0.25, 0.3) is 0 Å². The summed E-state index contributed by atoms with van der Waals surface area (Å²) >= 11 is 0. The van der Waals surface area contributed by atoms with Gasteiger partial charge in [0.05, 0.1) is 18.7 Å². The fourth-order valence-corrected chi connectivity index (χ4v) is 3.91. The van der Waals surface area contributed by atoms with E-state index < -0.39 is 0 Å². The number of hydrogen-bond acceptors (Lipinski definition) is 2. The Morgan fingerprint density at radius 1 is 1.25 bits per heavy atom. The predicted octanol–water partition coefficient (Wildman–Crippen LogP) is 3.95. The van der Waals surface area contributed by atoms with Crippen molar-refractivity contribution in [3.8, 4) is 5.75 Å². The number of amides is 1. The van der Waals surface area contributed by atoms with E-state index in [2.05, 4.69) is 18.3 Å². The van der Waals surface area contributed by atoms with Crippen LogP contribution in [-0.4, -0.2) is 13.0 Å². The Bertz CT molecular complexity index is 506. The van der Waals surface area contributed by atoms with E-state index in [1.807, 2.05) is 12.1 Å². The minimum absolute atomic E-state index is 0.0109. The number of rotatable bonds is 3. The lowest BCUT2D eigenvalue weighted by molar-refractivity contribution is -0.118. The molecule has 0 bridgehead atoms. The van der Waals surface area contributed by atoms with Crippen LogP contribution < -0.4 is 10.1 Å². The third-order valence-electron chi connectivity index (χ3n) is 5.06. The first kappa shape index (κ1) is 13.5. The molecule has 2 unspecified atom stereocenters.